The molecule has 4 atom stereocenters. The number of aliphatic hydroxyl groups excluding tert-OH is 1. The zero-order chi connectivity index (χ0) is 35.7. The van der Waals surface area contributed by atoms with Crippen molar-refractivity contribution in [3.8, 4) is 0 Å². The quantitative estimate of drug-likeness (QED) is 0.0510. The van der Waals surface area contributed by atoms with Gasteiger partial charge in [0, 0.05) is 18.4 Å². The Bertz CT molecular complexity index is 1360. The summed E-state index contributed by atoms with van der Waals surface area (Å²) < 4.78 is 51.5. The second-order valence-electron chi connectivity index (χ2n) is 13.7. The Morgan fingerprint density at radius 3 is 2.02 bits per heavy atom. The molecule has 0 radical (unpaired) electrons. The zero-order valence-corrected chi connectivity index (χ0v) is 29.6. The monoisotopic (exact) mass is 685 g/mol. The van der Waals surface area contributed by atoms with Crippen LogP contribution in [0, 0.1) is 28.6 Å². The van der Waals surface area contributed by atoms with Gasteiger partial charge in [-0.1, -0.05) is 31.5 Å². The van der Waals surface area contributed by atoms with E-state index in [1.54, 1.807) is 53.7 Å². The minimum atomic E-state index is -4.16. The molecule has 13 nitrogen and oxygen atoms in total. The van der Waals surface area contributed by atoms with E-state index in [9.17, 15) is 32.7 Å². The van der Waals surface area contributed by atoms with Gasteiger partial charge in [-0.25, -0.2) is 4.18 Å². The lowest BCUT2D eigenvalue weighted by Crippen LogP contribution is -2.49. The van der Waals surface area contributed by atoms with E-state index >= 15 is 0 Å². The van der Waals surface area contributed by atoms with Crippen LogP contribution in [0.4, 0.5) is 0 Å². The number of hydrogen-bond donors (Lipinski definition) is 2. The third-order valence-corrected chi connectivity index (χ3v) is 9.82. The van der Waals surface area contributed by atoms with Crippen molar-refractivity contribution in [3.63, 3.8) is 0 Å². The highest BCUT2D eigenvalue weighted by Gasteiger charge is 2.53. The molecule has 1 saturated heterocycles. The minimum absolute atomic E-state index is 0.0592. The highest BCUT2D eigenvalue weighted by Crippen LogP contribution is 2.49. The number of methoxy groups -OCH3 is 1. The molecule has 1 heterocycles. The Balaban J connectivity index is 2.34. The molecule has 1 aliphatic heterocycles. The molecule has 1 fully saturated rings. The lowest BCUT2D eigenvalue weighted by Gasteiger charge is -2.42. The fourth-order valence-corrected chi connectivity index (χ4v) is 6.71. The van der Waals surface area contributed by atoms with Gasteiger partial charge in [0.2, 0.25) is 5.91 Å². The van der Waals surface area contributed by atoms with Gasteiger partial charge in [-0.05, 0) is 72.4 Å². The molecule has 2 rings (SSSR count). The van der Waals surface area contributed by atoms with Gasteiger partial charge in [-0.15, -0.1) is 0 Å². The number of nitrogens with one attached hydrogen (secondary N) is 1. The molecule has 0 aliphatic carbocycles. The van der Waals surface area contributed by atoms with Gasteiger partial charge in [-0.3, -0.25) is 19.2 Å². The maximum Gasteiger partial charge on any atom is 0.311 e. The third-order valence-electron chi connectivity index (χ3n) is 8.54. The van der Waals surface area contributed by atoms with Gasteiger partial charge in [0.25, 0.3) is 10.1 Å². The second-order valence-corrected chi connectivity index (χ2v) is 15.4. The number of ether oxygens (including phenoxy) is 4. The number of aryl methyl sites for hydroxylation is 1. The lowest BCUT2D eigenvalue weighted by atomic mass is 9.61. The van der Waals surface area contributed by atoms with E-state index in [1.807, 2.05) is 6.92 Å². The first-order valence-electron chi connectivity index (χ1n) is 15.7. The number of epoxide rings is 1. The molecule has 14 heteroatoms. The van der Waals surface area contributed by atoms with Crippen LogP contribution in [0.3, 0.4) is 0 Å². The molecular weight excluding hydrogens is 634 g/mol. The molecule has 0 bridgehead atoms. The number of rotatable bonds is 20. The highest BCUT2D eigenvalue weighted by molar-refractivity contribution is 7.86. The summed E-state index contributed by atoms with van der Waals surface area (Å²) in [5, 5.41) is 11.8. The Kier molecular flexibility index (Phi) is 14.0. The van der Waals surface area contributed by atoms with Crippen molar-refractivity contribution in [2.45, 2.75) is 91.6 Å². The van der Waals surface area contributed by atoms with Crippen LogP contribution in [0.25, 0.3) is 0 Å². The predicted octanol–water partition coefficient (Wildman–Crippen LogP) is 3.44. The molecule has 1 aliphatic rings. The van der Waals surface area contributed by atoms with Crippen molar-refractivity contribution < 1.29 is 55.8 Å². The van der Waals surface area contributed by atoms with Crippen molar-refractivity contribution in [3.05, 3.63) is 29.8 Å². The number of esters is 3. The summed E-state index contributed by atoms with van der Waals surface area (Å²) >= 11 is 0. The number of amides is 1. The van der Waals surface area contributed by atoms with Gasteiger partial charge in [0.1, 0.15) is 19.4 Å². The number of aliphatic hydroxyl groups is 1. The van der Waals surface area contributed by atoms with Crippen molar-refractivity contribution in [1.82, 2.24) is 5.32 Å². The van der Waals surface area contributed by atoms with Gasteiger partial charge in [0.05, 0.1) is 41.5 Å². The maximum atomic E-state index is 13.8. The normalized spacial score (nSPS) is 18.5. The van der Waals surface area contributed by atoms with E-state index in [2.05, 4.69) is 5.32 Å². The Morgan fingerprint density at radius 2 is 1.49 bits per heavy atom. The van der Waals surface area contributed by atoms with Gasteiger partial charge >= 0.3 is 17.9 Å². The van der Waals surface area contributed by atoms with Crippen LogP contribution < -0.4 is 5.32 Å². The molecule has 0 aromatic heterocycles. The van der Waals surface area contributed by atoms with E-state index < -0.39 is 62.3 Å². The molecule has 1 aromatic rings. The predicted molar refractivity (Wildman–Crippen MR) is 170 cm³/mol. The molecule has 4 unspecified atom stereocenters. The average Bonchev–Trinajstić information content (AvgIpc) is 3.83. The van der Waals surface area contributed by atoms with Crippen molar-refractivity contribution in [1.29, 1.82) is 0 Å². The van der Waals surface area contributed by atoms with Gasteiger partial charge < -0.3 is 29.4 Å². The Hall–Kier alpha value is -3.07. The largest absolute Gasteiger partial charge is 0.469 e. The molecule has 0 spiro atoms. The molecule has 1 aromatic carbocycles. The van der Waals surface area contributed by atoms with Gasteiger partial charge in [-0.2, -0.15) is 8.42 Å². The maximum absolute atomic E-state index is 13.8. The summed E-state index contributed by atoms with van der Waals surface area (Å²) in [4.78, 5) is 53.7. The molecule has 47 heavy (non-hydrogen) atoms. The summed E-state index contributed by atoms with van der Waals surface area (Å²) in [6.45, 7) is 11.2. The number of hydrogen-bond acceptors (Lipinski definition) is 12. The minimum Gasteiger partial charge on any atom is -0.469 e. The van der Waals surface area contributed by atoms with Crippen LogP contribution in [-0.2, 0) is 52.4 Å². The first kappa shape index (κ1) is 40.1. The fourth-order valence-electron chi connectivity index (χ4n) is 5.89. The SMILES string of the molecule is CCC(C)(CC(C)(CC(C)(CC(C)(C)C(=O)OCC1CO1)C(=O)OC)C(=O)OCCCO)C(=O)NCOS(=O)(=O)c1ccc(C)cc1. The summed E-state index contributed by atoms with van der Waals surface area (Å²) in [5.41, 5.74) is -4.49. The third kappa shape index (κ3) is 11.3. The number of carbonyl (C=O) groups is 4. The number of benzene rings is 1. The molecule has 2 N–H and O–H groups in total. The zero-order valence-electron chi connectivity index (χ0n) is 28.8. The fraction of sp³-hybridized carbons (Fsp3) is 0.697. The standard InChI is InChI=1S/C33H51NO12S/c1-9-31(5,26(36)34-22-46-47(40,41)25-13-11-23(2)12-14-25)20-33(7,29(39)43-16-10-15-35)21-32(6,28(38)42-8)19-30(3,4)27(37)45-18-24-17-44-24/h11-14,24,35H,9-10,15-22H2,1-8H3,(H,34,36). The molecular formula is C33H51NO12S. The first-order valence-corrected chi connectivity index (χ1v) is 17.1. The van der Waals surface area contributed by atoms with E-state index in [4.69, 9.17) is 23.1 Å². The van der Waals surface area contributed by atoms with Crippen LogP contribution in [0.2, 0.25) is 0 Å². The van der Waals surface area contributed by atoms with Crippen LogP contribution in [0.1, 0.15) is 79.2 Å². The summed E-state index contributed by atoms with van der Waals surface area (Å²) in [6, 6.07) is 6.05. The van der Waals surface area contributed by atoms with Gasteiger partial charge in [0.15, 0.2) is 0 Å². The number of carbonyl (C=O) groups excluding carboxylic acids is 4. The van der Waals surface area contributed by atoms with Crippen molar-refractivity contribution >= 4 is 33.9 Å². The molecule has 0 saturated carbocycles. The molecule has 266 valence electrons. The highest BCUT2D eigenvalue weighted by atomic mass is 32.2. The van der Waals surface area contributed by atoms with E-state index in [0.29, 0.717) is 6.61 Å². The van der Waals surface area contributed by atoms with E-state index in [-0.39, 0.29) is 62.9 Å². The Morgan fingerprint density at radius 1 is 0.915 bits per heavy atom. The average molecular weight is 686 g/mol. The van der Waals surface area contributed by atoms with E-state index in [0.717, 1.165) is 5.56 Å². The van der Waals surface area contributed by atoms with Crippen LogP contribution in [0.15, 0.2) is 29.2 Å². The lowest BCUT2D eigenvalue weighted by molar-refractivity contribution is -0.169. The summed E-state index contributed by atoms with van der Waals surface area (Å²) in [6.07, 6.45) is -0.104. The Labute approximate surface area is 278 Å². The first-order chi connectivity index (χ1) is 21.8. The van der Waals surface area contributed by atoms with Crippen LogP contribution >= 0.6 is 0 Å². The van der Waals surface area contributed by atoms with E-state index in [1.165, 1.54) is 19.2 Å². The molecule has 1 amide bonds. The van der Waals surface area contributed by atoms with Crippen LogP contribution in [0.5, 0.6) is 0 Å². The topological polar surface area (TPSA) is 184 Å². The second kappa shape index (κ2) is 16.4. The summed E-state index contributed by atoms with van der Waals surface area (Å²) in [5.74, 6) is -2.51. The van der Waals surface area contributed by atoms with Crippen LogP contribution in [-0.4, -0.2) is 83.7 Å². The summed E-state index contributed by atoms with van der Waals surface area (Å²) in [7, 11) is -2.95. The smallest absolute Gasteiger partial charge is 0.311 e. The van der Waals surface area contributed by atoms with Crippen molar-refractivity contribution in [2.24, 2.45) is 21.7 Å². The van der Waals surface area contributed by atoms with Crippen molar-refractivity contribution in [2.75, 3.05) is 40.3 Å².